The molecular weight excluding hydrogens is 460 g/mol. The smallest absolute Gasteiger partial charge is 0.408 e. The average Bonchev–Trinajstić information content (AvgIpc) is 2.80. The molecule has 3 amide bonds. The van der Waals surface area contributed by atoms with Crippen LogP contribution < -0.4 is 21.9 Å². The first kappa shape index (κ1) is 27.0. The molecule has 1 aromatic carbocycles. The van der Waals surface area contributed by atoms with Crippen molar-refractivity contribution >= 4 is 17.9 Å². The van der Waals surface area contributed by atoms with Gasteiger partial charge in [0.1, 0.15) is 17.2 Å². The standard InChI is InChI=1S/C27H36N4O5/c1-26(2,3)36-25(35)30-27(14-6-5-7-15-27)24(34)29-21(23(28)33)16-18-8-10-19(11-9-18)20-12-13-22(32)31(4)17-20/h8-13,17,21H,5-7,14-16H2,1-4H3,(H2,28,33)(H,29,34)(H,30,35). The molecule has 194 valence electrons. The third-order valence-electron chi connectivity index (χ3n) is 6.34. The summed E-state index contributed by atoms with van der Waals surface area (Å²) in [5.41, 5.74) is 6.31. The monoisotopic (exact) mass is 496 g/mol. The molecule has 1 atom stereocenters. The number of hydrogen-bond acceptors (Lipinski definition) is 5. The van der Waals surface area contributed by atoms with Crippen molar-refractivity contribution in [1.29, 1.82) is 0 Å². The van der Waals surface area contributed by atoms with Crippen LogP contribution in [0.25, 0.3) is 11.1 Å². The van der Waals surface area contributed by atoms with Gasteiger partial charge >= 0.3 is 6.09 Å². The fourth-order valence-electron chi connectivity index (χ4n) is 4.42. The van der Waals surface area contributed by atoms with Gasteiger partial charge in [-0.2, -0.15) is 0 Å². The maximum absolute atomic E-state index is 13.4. The molecule has 1 unspecified atom stereocenters. The molecule has 3 rings (SSSR count). The first-order valence-corrected chi connectivity index (χ1v) is 12.3. The van der Waals surface area contributed by atoms with E-state index in [1.165, 1.54) is 10.6 Å². The lowest BCUT2D eigenvalue weighted by atomic mass is 9.80. The predicted molar refractivity (Wildman–Crippen MR) is 137 cm³/mol. The number of pyridine rings is 1. The van der Waals surface area contributed by atoms with Crippen LogP contribution in [0.4, 0.5) is 4.79 Å². The molecule has 1 aliphatic rings. The van der Waals surface area contributed by atoms with Crippen molar-refractivity contribution in [3.63, 3.8) is 0 Å². The second-order valence-corrected chi connectivity index (χ2v) is 10.5. The number of primary amides is 1. The summed E-state index contributed by atoms with van der Waals surface area (Å²) in [6, 6.07) is 9.82. The summed E-state index contributed by atoms with van der Waals surface area (Å²) < 4.78 is 6.89. The second-order valence-electron chi connectivity index (χ2n) is 10.5. The lowest BCUT2D eigenvalue weighted by Crippen LogP contribution is -2.63. The first-order valence-electron chi connectivity index (χ1n) is 12.3. The van der Waals surface area contributed by atoms with Crippen molar-refractivity contribution in [2.24, 2.45) is 12.8 Å². The molecule has 0 radical (unpaired) electrons. The molecule has 36 heavy (non-hydrogen) atoms. The van der Waals surface area contributed by atoms with E-state index in [1.807, 2.05) is 24.3 Å². The summed E-state index contributed by atoms with van der Waals surface area (Å²) >= 11 is 0. The van der Waals surface area contributed by atoms with Gasteiger partial charge < -0.3 is 25.7 Å². The number of nitrogens with two attached hydrogens (primary N) is 1. The Hall–Kier alpha value is -3.62. The van der Waals surface area contributed by atoms with Gasteiger partial charge in [0.25, 0.3) is 0 Å². The fraction of sp³-hybridized carbons (Fsp3) is 0.481. The van der Waals surface area contributed by atoms with Crippen LogP contribution in [0.3, 0.4) is 0 Å². The maximum Gasteiger partial charge on any atom is 0.408 e. The van der Waals surface area contributed by atoms with Gasteiger partial charge in [-0.1, -0.05) is 43.5 Å². The highest BCUT2D eigenvalue weighted by molar-refractivity contribution is 5.94. The molecule has 1 saturated carbocycles. The number of hydrogen-bond donors (Lipinski definition) is 3. The molecule has 0 bridgehead atoms. The summed E-state index contributed by atoms with van der Waals surface area (Å²) in [6.45, 7) is 5.27. The highest BCUT2D eigenvalue weighted by Crippen LogP contribution is 2.29. The zero-order valence-electron chi connectivity index (χ0n) is 21.4. The number of rotatable bonds is 7. The van der Waals surface area contributed by atoms with E-state index in [0.29, 0.717) is 12.8 Å². The van der Waals surface area contributed by atoms with Crippen LogP contribution >= 0.6 is 0 Å². The van der Waals surface area contributed by atoms with E-state index >= 15 is 0 Å². The molecule has 9 nitrogen and oxygen atoms in total. The Balaban J connectivity index is 1.73. The Labute approximate surface area is 211 Å². The molecule has 0 saturated heterocycles. The Morgan fingerprint density at radius 3 is 2.19 bits per heavy atom. The van der Waals surface area contributed by atoms with Gasteiger partial charge in [0.2, 0.25) is 17.4 Å². The Kier molecular flexibility index (Phi) is 8.22. The zero-order chi connectivity index (χ0) is 26.5. The van der Waals surface area contributed by atoms with Crippen LogP contribution in [0.5, 0.6) is 0 Å². The molecule has 2 aromatic rings. The quantitative estimate of drug-likeness (QED) is 0.542. The third-order valence-corrected chi connectivity index (χ3v) is 6.34. The molecule has 9 heteroatoms. The van der Waals surface area contributed by atoms with Crippen LogP contribution in [-0.4, -0.2) is 39.7 Å². The maximum atomic E-state index is 13.4. The fourth-order valence-corrected chi connectivity index (χ4v) is 4.42. The molecule has 0 aliphatic heterocycles. The van der Waals surface area contributed by atoms with Gasteiger partial charge in [-0.05, 0) is 56.4 Å². The first-order chi connectivity index (χ1) is 16.9. The Morgan fingerprint density at radius 2 is 1.64 bits per heavy atom. The number of aromatic nitrogens is 1. The minimum absolute atomic E-state index is 0.0905. The number of nitrogens with one attached hydrogen (secondary N) is 2. The number of aryl methyl sites for hydroxylation is 1. The SMILES string of the molecule is Cn1cc(-c2ccc(CC(NC(=O)C3(NC(=O)OC(C)(C)C)CCCCC3)C(N)=O)cc2)ccc1=O. The molecule has 1 aromatic heterocycles. The average molecular weight is 497 g/mol. The lowest BCUT2D eigenvalue weighted by Gasteiger charge is -2.37. The minimum Gasteiger partial charge on any atom is -0.444 e. The number of benzene rings is 1. The van der Waals surface area contributed by atoms with Crippen molar-refractivity contribution in [3.8, 4) is 11.1 Å². The summed E-state index contributed by atoms with van der Waals surface area (Å²) in [5.74, 6) is -1.09. The predicted octanol–water partition coefficient (Wildman–Crippen LogP) is 2.79. The van der Waals surface area contributed by atoms with Crippen LogP contribution in [-0.2, 0) is 27.8 Å². The molecule has 0 spiro atoms. The van der Waals surface area contributed by atoms with E-state index in [4.69, 9.17) is 10.5 Å². The van der Waals surface area contributed by atoms with E-state index in [0.717, 1.165) is 36.0 Å². The number of nitrogens with zero attached hydrogens (tertiary/aromatic N) is 1. The highest BCUT2D eigenvalue weighted by atomic mass is 16.6. The molecule has 1 fully saturated rings. The summed E-state index contributed by atoms with van der Waals surface area (Å²) in [6.07, 6.45) is 4.72. The summed E-state index contributed by atoms with van der Waals surface area (Å²) in [7, 11) is 1.69. The van der Waals surface area contributed by atoms with Gasteiger partial charge in [-0.15, -0.1) is 0 Å². The third kappa shape index (κ3) is 6.96. The van der Waals surface area contributed by atoms with Crippen molar-refractivity contribution in [2.75, 3.05) is 0 Å². The molecule has 1 heterocycles. The van der Waals surface area contributed by atoms with E-state index < -0.39 is 35.1 Å². The van der Waals surface area contributed by atoms with Crippen LogP contribution in [0, 0.1) is 0 Å². The van der Waals surface area contributed by atoms with Crippen molar-refractivity contribution in [3.05, 3.63) is 58.5 Å². The number of amides is 3. The van der Waals surface area contributed by atoms with E-state index in [-0.39, 0.29) is 12.0 Å². The van der Waals surface area contributed by atoms with Crippen LogP contribution in [0.2, 0.25) is 0 Å². The number of carbonyl (C=O) groups excluding carboxylic acids is 3. The largest absolute Gasteiger partial charge is 0.444 e. The van der Waals surface area contributed by atoms with E-state index in [9.17, 15) is 19.2 Å². The van der Waals surface area contributed by atoms with E-state index in [1.54, 1.807) is 40.1 Å². The number of alkyl carbamates (subject to hydrolysis) is 1. The van der Waals surface area contributed by atoms with Gasteiger partial charge in [0, 0.05) is 25.7 Å². The van der Waals surface area contributed by atoms with Crippen molar-refractivity contribution in [1.82, 2.24) is 15.2 Å². The van der Waals surface area contributed by atoms with Crippen molar-refractivity contribution in [2.45, 2.75) is 76.5 Å². The second kappa shape index (κ2) is 11.0. The van der Waals surface area contributed by atoms with Gasteiger partial charge in [0.05, 0.1) is 0 Å². The van der Waals surface area contributed by atoms with Crippen LogP contribution in [0.1, 0.15) is 58.4 Å². The lowest BCUT2D eigenvalue weighted by molar-refractivity contribution is -0.133. The molecule has 1 aliphatic carbocycles. The number of ether oxygens (including phenoxy) is 1. The molecule has 4 N–H and O–H groups in total. The minimum atomic E-state index is -1.15. The molecular formula is C27H36N4O5. The van der Waals surface area contributed by atoms with Gasteiger partial charge in [-0.25, -0.2) is 4.79 Å². The highest BCUT2D eigenvalue weighted by Gasteiger charge is 2.43. The normalized spacial score (nSPS) is 16.0. The topological polar surface area (TPSA) is 133 Å². The van der Waals surface area contributed by atoms with Gasteiger partial charge in [-0.3, -0.25) is 14.4 Å². The van der Waals surface area contributed by atoms with Gasteiger partial charge in [0.15, 0.2) is 0 Å². The summed E-state index contributed by atoms with van der Waals surface area (Å²) in [4.78, 5) is 49.8. The van der Waals surface area contributed by atoms with Crippen molar-refractivity contribution < 1.29 is 19.1 Å². The number of carbonyl (C=O) groups is 3. The Bertz CT molecular complexity index is 1160. The summed E-state index contributed by atoms with van der Waals surface area (Å²) in [5, 5.41) is 5.56. The van der Waals surface area contributed by atoms with Crippen LogP contribution in [0.15, 0.2) is 47.4 Å². The Morgan fingerprint density at radius 1 is 1.03 bits per heavy atom. The zero-order valence-corrected chi connectivity index (χ0v) is 21.4. The van der Waals surface area contributed by atoms with E-state index in [2.05, 4.69) is 10.6 Å².